The predicted octanol–water partition coefficient (Wildman–Crippen LogP) is 6.79. The Labute approximate surface area is 256 Å². The molecule has 0 aliphatic heterocycles. The summed E-state index contributed by atoms with van der Waals surface area (Å²) in [5.74, 6) is 9.20. The van der Waals surface area contributed by atoms with Crippen LogP contribution in [0.1, 0.15) is 69.8 Å². The Hall–Kier alpha value is -3.38. The number of aromatic nitrogens is 2. The molecule has 0 atom stereocenters. The summed E-state index contributed by atoms with van der Waals surface area (Å²) in [6, 6.07) is 13.0. The van der Waals surface area contributed by atoms with Gasteiger partial charge in [-0.2, -0.15) is 0 Å². The quantitative estimate of drug-likeness (QED) is 0.160. The third kappa shape index (κ3) is 8.82. The number of fused-ring (bicyclic) bond motifs is 1. The molecule has 8 nitrogen and oxygen atoms in total. The third-order valence-corrected chi connectivity index (χ3v) is 8.40. The average molecular weight is 588 g/mol. The van der Waals surface area contributed by atoms with Gasteiger partial charge in [0.15, 0.2) is 11.5 Å². The van der Waals surface area contributed by atoms with Gasteiger partial charge in [0.2, 0.25) is 5.88 Å². The zero-order valence-electron chi connectivity index (χ0n) is 25.7. The molecule has 0 radical (unpaired) electrons. The van der Waals surface area contributed by atoms with Gasteiger partial charge in [0, 0.05) is 37.9 Å². The summed E-state index contributed by atoms with van der Waals surface area (Å²) in [6.07, 6.45) is 15.0. The fraction of sp³-hybridized carbons (Fsp3) is 0.543. The Morgan fingerprint density at radius 3 is 1.95 bits per heavy atom. The molecule has 0 N–H and O–H groups in total. The van der Waals surface area contributed by atoms with Gasteiger partial charge in [0.05, 0.1) is 30.7 Å². The van der Waals surface area contributed by atoms with Gasteiger partial charge in [0.1, 0.15) is 25.3 Å². The van der Waals surface area contributed by atoms with Crippen molar-refractivity contribution in [2.24, 2.45) is 0 Å². The zero-order chi connectivity index (χ0) is 29.7. The molecule has 1 aromatic heterocycles. The lowest BCUT2D eigenvalue weighted by Gasteiger charge is -2.40. The molecule has 43 heavy (non-hydrogen) atoms. The van der Waals surface area contributed by atoms with Crippen LogP contribution in [0.25, 0.3) is 10.9 Å². The second-order valence-electron chi connectivity index (χ2n) is 11.4. The largest absolute Gasteiger partial charge is 0.487 e. The van der Waals surface area contributed by atoms with Crippen molar-refractivity contribution in [1.82, 2.24) is 14.9 Å². The lowest BCUT2D eigenvalue weighted by molar-refractivity contribution is 0.0961. The third-order valence-electron chi connectivity index (χ3n) is 8.40. The zero-order valence-corrected chi connectivity index (χ0v) is 25.7. The Bertz CT molecular complexity index is 1320. The van der Waals surface area contributed by atoms with Gasteiger partial charge in [-0.25, -0.2) is 9.97 Å². The molecule has 2 aliphatic carbocycles. The second kappa shape index (κ2) is 16.5. The Balaban J connectivity index is 1.28. The van der Waals surface area contributed by atoms with Crippen molar-refractivity contribution in [3.05, 3.63) is 48.3 Å². The lowest BCUT2D eigenvalue weighted by atomic mass is 9.88. The van der Waals surface area contributed by atoms with Crippen molar-refractivity contribution in [2.45, 2.75) is 76.3 Å². The highest BCUT2D eigenvalue weighted by molar-refractivity contribution is 5.87. The fourth-order valence-corrected chi connectivity index (χ4v) is 6.15. The number of hydrogen-bond acceptors (Lipinski definition) is 8. The molecule has 2 aromatic carbocycles. The van der Waals surface area contributed by atoms with E-state index in [-0.39, 0.29) is 0 Å². The summed E-state index contributed by atoms with van der Waals surface area (Å²) in [7, 11) is 3.28. The van der Waals surface area contributed by atoms with Crippen molar-refractivity contribution >= 4 is 10.9 Å². The SMILES string of the molecule is COCCOc1cc2ncnc(Oc3ccc(C#CCN(C4CCCCC4)C4CCCCC4)cc3)c2cc1OCCOC. The molecule has 2 aliphatic rings. The summed E-state index contributed by atoms with van der Waals surface area (Å²) >= 11 is 0. The molecule has 0 saturated heterocycles. The van der Waals surface area contributed by atoms with Crippen molar-refractivity contribution < 1.29 is 23.7 Å². The van der Waals surface area contributed by atoms with E-state index in [1.807, 2.05) is 36.4 Å². The van der Waals surface area contributed by atoms with Crippen molar-refractivity contribution in [3.63, 3.8) is 0 Å². The van der Waals surface area contributed by atoms with E-state index < -0.39 is 0 Å². The number of methoxy groups -OCH3 is 2. The van der Waals surface area contributed by atoms with Crippen molar-refractivity contribution in [3.8, 4) is 35.0 Å². The van der Waals surface area contributed by atoms with E-state index in [4.69, 9.17) is 23.7 Å². The van der Waals surface area contributed by atoms with E-state index in [0.717, 1.165) is 17.5 Å². The van der Waals surface area contributed by atoms with E-state index >= 15 is 0 Å². The molecule has 0 spiro atoms. The molecule has 0 bridgehead atoms. The van der Waals surface area contributed by atoms with Crippen molar-refractivity contribution in [1.29, 1.82) is 0 Å². The molecule has 3 aromatic rings. The van der Waals surface area contributed by atoms with E-state index in [9.17, 15) is 0 Å². The van der Waals surface area contributed by atoms with Crippen LogP contribution in [0, 0.1) is 11.8 Å². The first kappa shape index (κ1) is 31.1. The van der Waals surface area contributed by atoms with Crippen LogP contribution in [0.4, 0.5) is 0 Å². The van der Waals surface area contributed by atoms with Gasteiger partial charge in [-0.1, -0.05) is 50.4 Å². The predicted molar refractivity (Wildman–Crippen MR) is 168 cm³/mol. The minimum atomic E-state index is 0.383. The molecule has 2 saturated carbocycles. The van der Waals surface area contributed by atoms with E-state index in [1.165, 1.54) is 70.5 Å². The first-order chi connectivity index (χ1) is 21.2. The highest BCUT2D eigenvalue weighted by Gasteiger charge is 2.28. The number of nitrogens with zero attached hydrogens (tertiary/aromatic N) is 3. The van der Waals surface area contributed by atoms with Crippen LogP contribution in [0.3, 0.4) is 0 Å². The summed E-state index contributed by atoms with van der Waals surface area (Å²) in [5.41, 5.74) is 1.68. The maximum atomic E-state index is 6.22. The van der Waals surface area contributed by atoms with E-state index in [1.54, 1.807) is 14.2 Å². The smallest absolute Gasteiger partial charge is 0.230 e. The molecule has 5 rings (SSSR count). The normalized spacial score (nSPS) is 16.2. The fourth-order valence-electron chi connectivity index (χ4n) is 6.15. The molecular formula is C35H45N3O5. The van der Waals surface area contributed by atoms with Crippen LogP contribution in [-0.4, -0.2) is 74.1 Å². The molecular weight excluding hydrogens is 542 g/mol. The number of hydrogen-bond donors (Lipinski definition) is 0. The topological polar surface area (TPSA) is 75.2 Å². The lowest BCUT2D eigenvalue weighted by Crippen LogP contribution is -2.45. The van der Waals surface area contributed by atoms with Gasteiger partial charge < -0.3 is 23.7 Å². The standard InChI is InChI=1S/C35H45N3O5/c1-39-20-22-41-33-24-31-32(25-34(33)42-23-21-40-2)36-26-37-35(31)43-30-17-15-27(16-18-30)10-9-19-38(28-11-5-3-6-12-28)29-13-7-4-8-14-29/h15-18,24-26,28-29H,3-8,11-14,19-23H2,1-2H3. The summed E-state index contributed by atoms with van der Waals surface area (Å²) in [5, 5.41) is 0.725. The Kier molecular flexibility index (Phi) is 11.9. The van der Waals surface area contributed by atoms with Crippen LogP contribution in [0.2, 0.25) is 0 Å². The molecule has 0 unspecified atom stereocenters. The first-order valence-corrected chi connectivity index (χ1v) is 15.8. The number of rotatable bonds is 13. The maximum Gasteiger partial charge on any atom is 0.230 e. The molecule has 8 heteroatoms. The van der Waals surface area contributed by atoms with Gasteiger partial charge in [-0.3, -0.25) is 4.90 Å². The molecule has 0 amide bonds. The van der Waals surface area contributed by atoms with Gasteiger partial charge in [-0.05, 0) is 56.0 Å². The average Bonchev–Trinajstić information content (AvgIpc) is 3.05. The highest BCUT2D eigenvalue weighted by Crippen LogP contribution is 2.36. The van der Waals surface area contributed by atoms with Gasteiger partial charge in [-0.15, -0.1) is 0 Å². The summed E-state index contributed by atoms with van der Waals surface area (Å²) in [4.78, 5) is 11.6. The second-order valence-corrected chi connectivity index (χ2v) is 11.4. The monoisotopic (exact) mass is 587 g/mol. The maximum absolute atomic E-state index is 6.22. The molecule has 2 fully saturated rings. The van der Waals surface area contributed by atoms with Gasteiger partial charge >= 0.3 is 0 Å². The summed E-state index contributed by atoms with van der Waals surface area (Å²) < 4.78 is 28.3. The molecule has 230 valence electrons. The number of benzene rings is 2. The van der Waals surface area contributed by atoms with Crippen LogP contribution < -0.4 is 14.2 Å². The summed E-state index contributed by atoms with van der Waals surface area (Å²) in [6.45, 7) is 2.55. The first-order valence-electron chi connectivity index (χ1n) is 15.8. The highest BCUT2D eigenvalue weighted by atomic mass is 16.5. The van der Waals surface area contributed by atoms with Crippen LogP contribution in [0.5, 0.6) is 23.1 Å². The van der Waals surface area contributed by atoms with Gasteiger partial charge in [0.25, 0.3) is 0 Å². The van der Waals surface area contributed by atoms with Crippen molar-refractivity contribution in [2.75, 3.05) is 47.2 Å². The Morgan fingerprint density at radius 2 is 1.35 bits per heavy atom. The Morgan fingerprint density at radius 1 is 0.744 bits per heavy atom. The minimum Gasteiger partial charge on any atom is -0.487 e. The van der Waals surface area contributed by atoms with Crippen LogP contribution >= 0.6 is 0 Å². The molecule has 1 heterocycles. The minimum absolute atomic E-state index is 0.383. The number of ether oxygens (including phenoxy) is 5. The van der Waals surface area contributed by atoms with Crippen LogP contribution in [-0.2, 0) is 9.47 Å². The van der Waals surface area contributed by atoms with E-state index in [0.29, 0.717) is 67.2 Å². The van der Waals surface area contributed by atoms with E-state index in [2.05, 4.69) is 26.7 Å². The van der Waals surface area contributed by atoms with Crippen LogP contribution in [0.15, 0.2) is 42.7 Å².